The highest BCUT2D eigenvalue weighted by atomic mass is 32.1. The summed E-state index contributed by atoms with van der Waals surface area (Å²) in [5.74, 6) is 0. The summed E-state index contributed by atoms with van der Waals surface area (Å²) in [4.78, 5) is 0.933. The monoisotopic (exact) mass is 178 g/mol. The van der Waals surface area contributed by atoms with Gasteiger partial charge in [0.15, 0.2) is 0 Å². The van der Waals surface area contributed by atoms with Gasteiger partial charge in [-0.25, -0.2) is 0 Å². The minimum atomic E-state index is 0.930. The molecule has 0 amide bonds. The second-order valence-electron chi connectivity index (χ2n) is 2.76. The SMILES string of the molecule is CCc1cccc2occ(S)c12. The molecule has 2 heteroatoms. The molecular formula is C10H10OS. The van der Waals surface area contributed by atoms with Crippen molar-refractivity contribution >= 4 is 23.6 Å². The molecule has 0 spiro atoms. The second-order valence-corrected chi connectivity index (χ2v) is 3.25. The first-order valence-electron chi connectivity index (χ1n) is 4.01. The maximum absolute atomic E-state index is 5.31. The van der Waals surface area contributed by atoms with E-state index in [2.05, 4.69) is 25.6 Å². The fourth-order valence-corrected chi connectivity index (χ4v) is 1.74. The van der Waals surface area contributed by atoms with Crippen molar-refractivity contribution < 1.29 is 4.42 Å². The van der Waals surface area contributed by atoms with Gasteiger partial charge in [-0.3, -0.25) is 0 Å². The fraction of sp³-hybridized carbons (Fsp3) is 0.200. The van der Waals surface area contributed by atoms with E-state index in [9.17, 15) is 0 Å². The molecular weight excluding hydrogens is 168 g/mol. The molecule has 0 aliphatic carbocycles. The first-order valence-corrected chi connectivity index (χ1v) is 4.45. The topological polar surface area (TPSA) is 13.1 Å². The van der Waals surface area contributed by atoms with E-state index in [4.69, 9.17) is 4.42 Å². The van der Waals surface area contributed by atoms with E-state index in [1.165, 1.54) is 5.56 Å². The Balaban J connectivity index is 2.84. The summed E-state index contributed by atoms with van der Waals surface area (Å²) in [5.41, 5.74) is 2.23. The van der Waals surface area contributed by atoms with Crippen LogP contribution in [0.25, 0.3) is 11.0 Å². The molecule has 0 aliphatic rings. The Morgan fingerprint density at radius 3 is 3.00 bits per heavy atom. The van der Waals surface area contributed by atoms with Gasteiger partial charge in [-0.2, -0.15) is 0 Å². The summed E-state index contributed by atoms with van der Waals surface area (Å²) in [6, 6.07) is 6.09. The molecule has 0 N–H and O–H groups in total. The van der Waals surface area contributed by atoms with Gasteiger partial charge in [0.2, 0.25) is 0 Å². The van der Waals surface area contributed by atoms with Crippen LogP contribution in [0.5, 0.6) is 0 Å². The van der Waals surface area contributed by atoms with Gasteiger partial charge in [0.1, 0.15) is 11.8 Å². The molecule has 2 aromatic rings. The first kappa shape index (κ1) is 7.74. The lowest BCUT2D eigenvalue weighted by Gasteiger charge is -1.97. The van der Waals surface area contributed by atoms with Crippen LogP contribution in [0.15, 0.2) is 33.8 Å². The molecule has 1 heterocycles. The molecule has 0 saturated carbocycles. The van der Waals surface area contributed by atoms with E-state index in [0.717, 1.165) is 22.3 Å². The Kier molecular flexibility index (Phi) is 1.85. The molecule has 0 radical (unpaired) electrons. The van der Waals surface area contributed by atoms with Crippen LogP contribution in [0.4, 0.5) is 0 Å². The molecule has 1 nitrogen and oxygen atoms in total. The highest BCUT2D eigenvalue weighted by Crippen LogP contribution is 2.27. The standard InChI is InChI=1S/C10H10OS/c1-2-7-4-3-5-8-10(7)9(12)6-11-8/h3-6,12H,2H2,1H3. The van der Waals surface area contributed by atoms with Gasteiger partial charge in [-0.15, -0.1) is 12.6 Å². The molecule has 0 unspecified atom stereocenters. The number of hydrogen-bond acceptors (Lipinski definition) is 2. The smallest absolute Gasteiger partial charge is 0.135 e. The van der Waals surface area contributed by atoms with Crippen LogP contribution in [0, 0.1) is 0 Å². The normalized spacial score (nSPS) is 10.8. The molecule has 1 aromatic carbocycles. The zero-order valence-corrected chi connectivity index (χ0v) is 7.77. The lowest BCUT2D eigenvalue weighted by atomic mass is 10.1. The summed E-state index contributed by atoms with van der Waals surface area (Å²) in [6.07, 6.45) is 2.71. The van der Waals surface area contributed by atoms with E-state index in [-0.39, 0.29) is 0 Å². The largest absolute Gasteiger partial charge is 0.463 e. The highest BCUT2D eigenvalue weighted by molar-refractivity contribution is 7.80. The van der Waals surface area contributed by atoms with Gasteiger partial charge >= 0.3 is 0 Å². The maximum Gasteiger partial charge on any atom is 0.135 e. The third-order valence-electron chi connectivity index (χ3n) is 2.05. The van der Waals surface area contributed by atoms with Crippen molar-refractivity contribution in [2.45, 2.75) is 18.2 Å². The van der Waals surface area contributed by atoms with Gasteiger partial charge in [0.25, 0.3) is 0 Å². The average molecular weight is 178 g/mol. The van der Waals surface area contributed by atoms with Crippen LogP contribution in [0.3, 0.4) is 0 Å². The second kappa shape index (κ2) is 2.87. The molecule has 0 atom stereocenters. The van der Waals surface area contributed by atoms with Crippen molar-refractivity contribution in [3.63, 3.8) is 0 Å². The first-order chi connectivity index (χ1) is 5.83. The van der Waals surface area contributed by atoms with Crippen molar-refractivity contribution in [1.29, 1.82) is 0 Å². The van der Waals surface area contributed by atoms with Crippen molar-refractivity contribution in [3.8, 4) is 0 Å². The predicted molar refractivity (Wildman–Crippen MR) is 52.8 cm³/mol. The third-order valence-corrected chi connectivity index (χ3v) is 2.38. The molecule has 0 aliphatic heterocycles. The van der Waals surface area contributed by atoms with Gasteiger partial charge in [0, 0.05) is 5.39 Å². The minimum absolute atomic E-state index is 0.930. The minimum Gasteiger partial charge on any atom is -0.463 e. The molecule has 0 bridgehead atoms. The Morgan fingerprint density at radius 1 is 1.42 bits per heavy atom. The molecule has 0 saturated heterocycles. The van der Waals surface area contributed by atoms with Gasteiger partial charge in [0.05, 0.1) is 4.90 Å². The highest BCUT2D eigenvalue weighted by Gasteiger charge is 2.05. The van der Waals surface area contributed by atoms with E-state index >= 15 is 0 Å². The van der Waals surface area contributed by atoms with Gasteiger partial charge < -0.3 is 4.42 Å². The van der Waals surface area contributed by atoms with E-state index in [1.54, 1.807) is 6.26 Å². The van der Waals surface area contributed by atoms with E-state index in [1.807, 2.05) is 12.1 Å². The van der Waals surface area contributed by atoms with Crippen molar-refractivity contribution in [2.24, 2.45) is 0 Å². The molecule has 1 aromatic heterocycles. The molecule has 12 heavy (non-hydrogen) atoms. The Bertz CT molecular complexity index is 403. The number of benzene rings is 1. The van der Waals surface area contributed by atoms with Crippen LogP contribution < -0.4 is 0 Å². The van der Waals surface area contributed by atoms with Crippen LogP contribution in [0.1, 0.15) is 12.5 Å². The van der Waals surface area contributed by atoms with Crippen molar-refractivity contribution in [2.75, 3.05) is 0 Å². The lowest BCUT2D eigenvalue weighted by molar-refractivity contribution is 0.608. The number of thiol groups is 1. The third kappa shape index (κ3) is 1.03. The Labute approximate surface area is 76.8 Å². The number of fused-ring (bicyclic) bond motifs is 1. The summed E-state index contributed by atoms with van der Waals surface area (Å²) in [6.45, 7) is 2.13. The van der Waals surface area contributed by atoms with E-state index in [0.29, 0.717) is 0 Å². The summed E-state index contributed by atoms with van der Waals surface area (Å²) >= 11 is 4.33. The van der Waals surface area contributed by atoms with E-state index < -0.39 is 0 Å². The van der Waals surface area contributed by atoms with Gasteiger partial charge in [-0.1, -0.05) is 19.1 Å². The van der Waals surface area contributed by atoms with Crippen LogP contribution in [-0.2, 0) is 6.42 Å². The Morgan fingerprint density at radius 2 is 2.25 bits per heavy atom. The summed E-state index contributed by atoms with van der Waals surface area (Å²) < 4.78 is 5.31. The molecule has 2 rings (SSSR count). The predicted octanol–water partition coefficient (Wildman–Crippen LogP) is 3.28. The van der Waals surface area contributed by atoms with Crippen LogP contribution in [-0.4, -0.2) is 0 Å². The fourth-order valence-electron chi connectivity index (χ4n) is 1.44. The molecule has 62 valence electrons. The number of aryl methyl sites for hydroxylation is 1. The molecule has 0 fully saturated rings. The number of rotatable bonds is 1. The number of furan rings is 1. The Hall–Kier alpha value is -0.890. The van der Waals surface area contributed by atoms with Crippen LogP contribution >= 0.6 is 12.6 Å². The van der Waals surface area contributed by atoms with Crippen LogP contribution in [0.2, 0.25) is 0 Å². The average Bonchev–Trinajstić information content (AvgIpc) is 2.48. The van der Waals surface area contributed by atoms with Gasteiger partial charge in [-0.05, 0) is 18.1 Å². The number of hydrogen-bond donors (Lipinski definition) is 1. The summed E-state index contributed by atoms with van der Waals surface area (Å²) in [5, 5.41) is 1.16. The zero-order chi connectivity index (χ0) is 8.55. The van der Waals surface area contributed by atoms with Crippen molar-refractivity contribution in [1.82, 2.24) is 0 Å². The lowest BCUT2D eigenvalue weighted by Crippen LogP contribution is -1.79. The quantitative estimate of drug-likeness (QED) is 0.661. The zero-order valence-electron chi connectivity index (χ0n) is 6.87. The van der Waals surface area contributed by atoms with Crippen molar-refractivity contribution in [3.05, 3.63) is 30.0 Å². The maximum atomic E-state index is 5.31. The summed E-state index contributed by atoms with van der Waals surface area (Å²) in [7, 11) is 0.